The standard InChI is InChI=1S/C22H21FN2O2S/c23-18-8-5-15(6-9-18)11-20-13-24-22(28-20)25-21(26)14-27-19-10-7-16-3-1-2-4-17(16)12-19/h5-10,12-13H,1-4,11,14H2,(H,24,25,26). The molecule has 28 heavy (non-hydrogen) atoms. The third-order valence-electron chi connectivity index (χ3n) is 4.78. The molecule has 0 fully saturated rings. The van der Waals surface area contributed by atoms with E-state index < -0.39 is 0 Å². The Labute approximate surface area is 167 Å². The van der Waals surface area contributed by atoms with Crippen LogP contribution in [-0.2, 0) is 24.1 Å². The highest BCUT2D eigenvalue weighted by atomic mass is 32.1. The summed E-state index contributed by atoms with van der Waals surface area (Å²) in [5, 5.41) is 3.31. The Morgan fingerprint density at radius 2 is 1.89 bits per heavy atom. The number of aromatic nitrogens is 1. The van der Waals surface area contributed by atoms with Crippen molar-refractivity contribution in [3.8, 4) is 5.75 Å². The Hall–Kier alpha value is -2.73. The Morgan fingerprint density at radius 1 is 1.11 bits per heavy atom. The van der Waals surface area contributed by atoms with Crippen LogP contribution < -0.4 is 10.1 Å². The van der Waals surface area contributed by atoms with Gasteiger partial charge in [0, 0.05) is 17.5 Å². The first-order chi connectivity index (χ1) is 13.7. The van der Waals surface area contributed by atoms with Gasteiger partial charge in [0.05, 0.1) is 0 Å². The summed E-state index contributed by atoms with van der Waals surface area (Å²) in [6.07, 6.45) is 7.04. The van der Waals surface area contributed by atoms with Gasteiger partial charge in [0.15, 0.2) is 11.7 Å². The molecule has 0 saturated carbocycles. The van der Waals surface area contributed by atoms with E-state index in [0.717, 1.165) is 29.0 Å². The highest BCUT2D eigenvalue weighted by Crippen LogP contribution is 2.25. The van der Waals surface area contributed by atoms with Crippen LogP contribution in [0, 0.1) is 5.82 Å². The summed E-state index contributed by atoms with van der Waals surface area (Å²) in [7, 11) is 0. The van der Waals surface area contributed by atoms with Crippen LogP contribution in [-0.4, -0.2) is 17.5 Å². The molecule has 0 atom stereocenters. The number of fused-ring (bicyclic) bond motifs is 1. The monoisotopic (exact) mass is 396 g/mol. The molecular weight excluding hydrogens is 375 g/mol. The number of ether oxygens (including phenoxy) is 1. The summed E-state index contributed by atoms with van der Waals surface area (Å²) >= 11 is 1.41. The Balaban J connectivity index is 1.29. The first-order valence-corrected chi connectivity index (χ1v) is 10.2. The summed E-state index contributed by atoms with van der Waals surface area (Å²) in [5.41, 5.74) is 3.72. The zero-order valence-electron chi connectivity index (χ0n) is 15.4. The molecule has 1 aliphatic carbocycles. The number of benzene rings is 2. The zero-order chi connectivity index (χ0) is 19.3. The van der Waals surface area contributed by atoms with Crippen molar-refractivity contribution < 1.29 is 13.9 Å². The molecule has 1 N–H and O–H groups in total. The minimum Gasteiger partial charge on any atom is -0.484 e. The van der Waals surface area contributed by atoms with Crippen LogP contribution in [0.4, 0.5) is 9.52 Å². The number of carbonyl (C=O) groups excluding carboxylic acids is 1. The summed E-state index contributed by atoms with van der Waals surface area (Å²) < 4.78 is 18.6. The number of amides is 1. The van der Waals surface area contributed by atoms with Crippen LogP contribution in [0.1, 0.15) is 34.4 Å². The number of thiazole rings is 1. The lowest BCUT2D eigenvalue weighted by molar-refractivity contribution is -0.118. The van der Waals surface area contributed by atoms with Crippen molar-refractivity contribution in [2.24, 2.45) is 0 Å². The normalized spacial score (nSPS) is 13.0. The van der Waals surface area contributed by atoms with Crippen molar-refractivity contribution in [1.29, 1.82) is 0 Å². The van der Waals surface area contributed by atoms with Crippen LogP contribution in [0.3, 0.4) is 0 Å². The highest BCUT2D eigenvalue weighted by Gasteiger charge is 2.12. The van der Waals surface area contributed by atoms with Crippen LogP contribution in [0.15, 0.2) is 48.7 Å². The van der Waals surface area contributed by atoms with Gasteiger partial charge in [-0.1, -0.05) is 18.2 Å². The maximum absolute atomic E-state index is 13.0. The molecule has 1 aliphatic rings. The molecule has 6 heteroatoms. The first kappa shape index (κ1) is 18.6. The predicted octanol–water partition coefficient (Wildman–Crippen LogP) is 4.77. The highest BCUT2D eigenvalue weighted by molar-refractivity contribution is 7.15. The molecule has 1 heterocycles. The number of halogens is 1. The van der Waals surface area contributed by atoms with Gasteiger partial charge in [-0.3, -0.25) is 10.1 Å². The van der Waals surface area contributed by atoms with Crippen molar-refractivity contribution in [3.05, 3.63) is 76.0 Å². The van der Waals surface area contributed by atoms with E-state index in [1.165, 1.54) is 47.4 Å². The number of nitrogens with one attached hydrogen (secondary N) is 1. The fourth-order valence-electron chi connectivity index (χ4n) is 3.35. The molecule has 4 rings (SSSR count). The van der Waals surface area contributed by atoms with E-state index in [4.69, 9.17) is 4.74 Å². The van der Waals surface area contributed by atoms with Crippen LogP contribution in [0.5, 0.6) is 5.75 Å². The summed E-state index contributed by atoms with van der Waals surface area (Å²) in [5.74, 6) is 0.243. The number of hydrogen-bond donors (Lipinski definition) is 1. The van der Waals surface area contributed by atoms with Gasteiger partial charge in [-0.25, -0.2) is 9.37 Å². The quantitative estimate of drug-likeness (QED) is 0.653. The van der Waals surface area contributed by atoms with E-state index in [2.05, 4.69) is 16.4 Å². The minimum atomic E-state index is -0.250. The molecule has 1 aromatic heterocycles. The number of anilines is 1. The van der Waals surface area contributed by atoms with E-state index in [1.807, 2.05) is 12.1 Å². The number of rotatable bonds is 6. The van der Waals surface area contributed by atoms with E-state index in [9.17, 15) is 9.18 Å². The van der Waals surface area contributed by atoms with Crippen LogP contribution >= 0.6 is 11.3 Å². The van der Waals surface area contributed by atoms with Gasteiger partial charge in [-0.05, 0) is 66.6 Å². The lowest BCUT2D eigenvalue weighted by atomic mass is 9.92. The number of nitrogens with zero attached hydrogens (tertiary/aromatic N) is 1. The second kappa shape index (κ2) is 8.52. The van der Waals surface area contributed by atoms with E-state index in [-0.39, 0.29) is 18.3 Å². The molecule has 2 aromatic carbocycles. The third kappa shape index (κ3) is 4.75. The average molecular weight is 396 g/mol. The van der Waals surface area contributed by atoms with Crippen molar-refractivity contribution >= 4 is 22.4 Å². The van der Waals surface area contributed by atoms with Gasteiger partial charge >= 0.3 is 0 Å². The second-order valence-electron chi connectivity index (χ2n) is 6.91. The third-order valence-corrected chi connectivity index (χ3v) is 5.69. The topological polar surface area (TPSA) is 51.2 Å². The number of carbonyl (C=O) groups is 1. The van der Waals surface area contributed by atoms with Crippen molar-refractivity contribution in [2.45, 2.75) is 32.1 Å². The van der Waals surface area contributed by atoms with Gasteiger partial charge < -0.3 is 4.74 Å². The van der Waals surface area contributed by atoms with Gasteiger partial charge in [0.25, 0.3) is 5.91 Å². The first-order valence-electron chi connectivity index (χ1n) is 9.39. The zero-order valence-corrected chi connectivity index (χ0v) is 16.2. The maximum atomic E-state index is 13.0. The second-order valence-corrected chi connectivity index (χ2v) is 8.02. The molecular formula is C22H21FN2O2S. The molecule has 0 saturated heterocycles. The van der Waals surface area contributed by atoms with Gasteiger partial charge in [0.1, 0.15) is 11.6 Å². The molecule has 0 aliphatic heterocycles. The summed E-state index contributed by atoms with van der Waals surface area (Å²) in [6, 6.07) is 12.5. The average Bonchev–Trinajstić information content (AvgIpc) is 3.14. The lowest BCUT2D eigenvalue weighted by Crippen LogP contribution is -2.20. The Bertz CT molecular complexity index is 969. The van der Waals surface area contributed by atoms with E-state index >= 15 is 0 Å². The Kier molecular flexibility index (Phi) is 5.67. The summed E-state index contributed by atoms with van der Waals surface area (Å²) in [4.78, 5) is 17.4. The fraction of sp³-hybridized carbons (Fsp3) is 0.273. The number of hydrogen-bond acceptors (Lipinski definition) is 4. The van der Waals surface area contributed by atoms with Crippen molar-refractivity contribution in [1.82, 2.24) is 4.98 Å². The van der Waals surface area contributed by atoms with Crippen LogP contribution in [0.25, 0.3) is 0 Å². The largest absolute Gasteiger partial charge is 0.484 e. The molecule has 1 amide bonds. The minimum absolute atomic E-state index is 0.0499. The maximum Gasteiger partial charge on any atom is 0.264 e. The lowest BCUT2D eigenvalue weighted by Gasteiger charge is -2.16. The smallest absolute Gasteiger partial charge is 0.264 e. The van der Waals surface area contributed by atoms with E-state index in [0.29, 0.717) is 11.6 Å². The van der Waals surface area contributed by atoms with Crippen molar-refractivity contribution in [3.63, 3.8) is 0 Å². The van der Waals surface area contributed by atoms with E-state index in [1.54, 1.807) is 18.3 Å². The number of aryl methyl sites for hydroxylation is 2. The molecule has 0 bridgehead atoms. The fourth-order valence-corrected chi connectivity index (χ4v) is 4.22. The molecule has 0 spiro atoms. The molecule has 0 radical (unpaired) electrons. The van der Waals surface area contributed by atoms with Gasteiger partial charge in [-0.15, -0.1) is 11.3 Å². The SMILES string of the molecule is O=C(COc1ccc2c(c1)CCCC2)Nc1ncc(Cc2ccc(F)cc2)s1. The predicted molar refractivity (Wildman–Crippen MR) is 109 cm³/mol. The Morgan fingerprint density at radius 3 is 2.71 bits per heavy atom. The van der Waals surface area contributed by atoms with Gasteiger partial charge in [-0.2, -0.15) is 0 Å². The summed E-state index contributed by atoms with van der Waals surface area (Å²) in [6.45, 7) is -0.0499. The van der Waals surface area contributed by atoms with Gasteiger partial charge in [0.2, 0.25) is 0 Å². The van der Waals surface area contributed by atoms with Crippen LogP contribution in [0.2, 0.25) is 0 Å². The molecule has 144 valence electrons. The van der Waals surface area contributed by atoms with Crippen molar-refractivity contribution in [2.75, 3.05) is 11.9 Å². The molecule has 3 aromatic rings. The molecule has 0 unspecified atom stereocenters. The molecule has 4 nitrogen and oxygen atoms in total.